The van der Waals surface area contributed by atoms with Crippen molar-refractivity contribution in [2.75, 3.05) is 0 Å². The second-order valence-electron chi connectivity index (χ2n) is 3.99. The molecule has 2 aromatic rings. The molecule has 1 N–H and O–H groups in total. The summed E-state index contributed by atoms with van der Waals surface area (Å²) in [5.41, 5.74) is 0.983. The van der Waals surface area contributed by atoms with Crippen LogP contribution in [0.3, 0.4) is 0 Å². The molecule has 0 heterocycles. The third kappa shape index (κ3) is 2.94. The highest BCUT2D eigenvalue weighted by Gasteiger charge is 2.15. The largest absolute Gasteiger partial charge is 0.388 e. The van der Waals surface area contributed by atoms with Gasteiger partial charge in [-0.15, -0.1) is 0 Å². The standard InChI is InChI=1S/C14H11BrF2O/c15-12-3-1-2-11(14(12)17)13(18)8-9-4-6-10(16)7-5-9/h1-7,13,18H,8H2. The number of rotatable bonds is 3. The SMILES string of the molecule is OC(Cc1ccc(F)cc1)c1cccc(Br)c1F. The van der Waals surface area contributed by atoms with E-state index in [4.69, 9.17) is 0 Å². The molecule has 1 unspecified atom stereocenters. The summed E-state index contributed by atoms with van der Waals surface area (Å²) in [6.45, 7) is 0. The van der Waals surface area contributed by atoms with Crippen LogP contribution < -0.4 is 0 Å². The topological polar surface area (TPSA) is 20.2 Å². The van der Waals surface area contributed by atoms with Gasteiger partial charge in [-0.05, 0) is 39.7 Å². The summed E-state index contributed by atoms with van der Waals surface area (Å²) in [5, 5.41) is 9.99. The van der Waals surface area contributed by atoms with Gasteiger partial charge in [0.15, 0.2) is 0 Å². The quantitative estimate of drug-likeness (QED) is 0.908. The molecule has 18 heavy (non-hydrogen) atoms. The molecule has 0 aliphatic carbocycles. The van der Waals surface area contributed by atoms with E-state index < -0.39 is 11.9 Å². The highest BCUT2D eigenvalue weighted by molar-refractivity contribution is 9.10. The van der Waals surface area contributed by atoms with Gasteiger partial charge in [-0.1, -0.05) is 24.3 Å². The van der Waals surface area contributed by atoms with E-state index in [1.165, 1.54) is 18.2 Å². The molecule has 0 saturated carbocycles. The predicted octanol–water partition coefficient (Wildman–Crippen LogP) is 4.00. The second-order valence-corrected chi connectivity index (χ2v) is 4.84. The summed E-state index contributed by atoms with van der Waals surface area (Å²) in [5.74, 6) is -0.797. The molecule has 4 heteroatoms. The van der Waals surface area contributed by atoms with Gasteiger partial charge in [-0.25, -0.2) is 8.78 Å². The Morgan fingerprint density at radius 2 is 1.72 bits per heavy atom. The summed E-state index contributed by atoms with van der Waals surface area (Å²) >= 11 is 3.07. The first-order valence-electron chi connectivity index (χ1n) is 5.44. The molecule has 0 aliphatic heterocycles. The van der Waals surface area contributed by atoms with Crippen molar-refractivity contribution in [3.8, 4) is 0 Å². The summed E-state index contributed by atoms with van der Waals surface area (Å²) in [6, 6.07) is 10.6. The molecule has 0 fully saturated rings. The maximum atomic E-state index is 13.8. The first-order valence-corrected chi connectivity index (χ1v) is 6.23. The van der Waals surface area contributed by atoms with Crippen molar-refractivity contribution < 1.29 is 13.9 Å². The van der Waals surface area contributed by atoms with Crippen LogP contribution in [0.2, 0.25) is 0 Å². The van der Waals surface area contributed by atoms with Crippen molar-refractivity contribution in [3.05, 3.63) is 69.7 Å². The lowest BCUT2D eigenvalue weighted by atomic mass is 10.0. The molecular weight excluding hydrogens is 302 g/mol. The number of aliphatic hydroxyl groups excluding tert-OH is 1. The monoisotopic (exact) mass is 312 g/mol. The molecular formula is C14H11BrF2O. The van der Waals surface area contributed by atoms with Gasteiger partial charge in [0.05, 0.1) is 10.6 Å². The molecule has 2 aromatic carbocycles. The Kier molecular flexibility index (Phi) is 4.09. The highest BCUT2D eigenvalue weighted by Crippen LogP contribution is 2.26. The fraction of sp³-hybridized carbons (Fsp3) is 0.143. The van der Waals surface area contributed by atoms with Crippen molar-refractivity contribution in [2.45, 2.75) is 12.5 Å². The van der Waals surface area contributed by atoms with Crippen molar-refractivity contribution in [1.82, 2.24) is 0 Å². The molecule has 94 valence electrons. The zero-order chi connectivity index (χ0) is 13.1. The fourth-order valence-corrected chi connectivity index (χ4v) is 2.11. The average Bonchev–Trinajstić information content (AvgIpc) is 2.35. The maximum absolute atomic E-state index is 13.8. The van der Waals surface area contributed by atoms with Crippen LogP contribution in [0.1, 0.15) is 17.2 Å². The van der Waals surface area contributed by atoms with Gasteiger partial charge < -0.3 is 5.11 Å². The summed E-state index contributed by atoms with van der Waals surface area (Å²) in [4.78, 5) is 0. The van der Waals surface area contributed by atoms with E-state index in [2.05, 4.69) is 15.9 Å². The zero-order valence-corrected chi connectivity index (χ0v) is 11.0. The molecule has 0 amide bonds. The molecule has 0 radical (unpaired) electrons. The van der Waals surface area contributed by atoms with E-state index in [0.29, 0.717) is 4.47 Å². The minimum atomic E-state index is -0.951. The maximum Gasteiger partial charge on any atom is 0.143 e. The molecule has 0 aromatic heterocycles. The fourth-order valence-electron chi connectivity index (χ4n) is 1.73. The normalized spacial score (nSPS) is 12.4. The molecule has 1 nitrogen and oxygen atoms in total. The Hall–Kier alpha value is -1.26. The Balaban J connectivity index is 2.19. The number of halogens is 3. The third-order valence-corrected chi connectivity index (χ3v) is 3.30. The predicted molar refractivity (Wildman–Crippen MR) is 69.2 cm³/mol. The zero-order valence-electron chi connectivity index (χ0n) is 9.41. The molecule has 2 rings (SSSR count). The van der Waals surface area contributed by atoms with E-state index >= 15 is 0 Å². The lowest BCUT2D eigenvalue weighted by Crippen LogP contribution is -2.04. The van der Waals surface area contributed by atoms with Gasteiger partial charge in [0.2, 0.25) is 0 Å². The van der Waals surface area contributed by atoms with Gasteiger partial charge in [-0.3, -0.25) is 0 Å². The minimum Gasteiger partial charge on any atom is -0.388 e. The lowest BCUT2D eigenvalue weighted by Gasteiger charge is -2.12. The van der Waals surface area contributed by atoms with Crippen molar-refractivity contribution in [3.63, 3.8) is 0 Å². The highest BCUT2D eigenvalue weighted by atomic mass is 79.9. The Morgan fingerprint density at radius 3 is 2.39 bits per heavy atom. The van der Waals surface area contributed by atoms with Crippen LogP contribution in [0.4, 0.5) is 8.78 Å². The number of hydrogen-bond donors (Lipinski definition) is 1. The van der Waals surface area contributed by atoms with Crippen molar-refractivity contribution in [1.29, 1.82) is 0 Å². The van der Waals surface area contributed by atoms with Crippen LogP contribution in [0, 0.1) is 11.6 Å². The molecule has 0 aliphatic rings. The van der Waals surface area contributed by atoms with Crippen LogP contribution in [0.5, 0.6) is 0 Å². The van der Waals surface area contributed by atoms with E-state index in [9.17, 15) is 13.9 Å². The van der Waals surface area contributed by atoms with Crippen LogP contribution in [-0.4, -0.2) is 5.11 Å². The van der Waals surface area contributed by atoms with Crippen LogP contribution >= 0.6 is 15.9 Å². The first-order chi connectivity index (χ1) is 8.58. The van der Waals surface area contributed by atoms with Gasteiger partial charge in [0.25, 0.3) is 0 Å². The van der Waals surface area contributed by atoms with Crippen LogP contribution in [-0.2, 0) is 6.42 Å². The van der Waals surface area contributed by atoms with E-state index in [1.54, 1.807) is 24.3 Å². The van der Waals surface area contributed by atoms with Gasteiger partial charge >= 0.3 is 0 Å². The lowest BCUT2D eigenvalue weighted by molar-refractivity contribution is 0.173. The smallest absolute Gasteiger partial charge is 0.143 e. The Labute approximate surface area is 112 Å². The van der Waals surface area contributed by atoms with E-state index in [0.717, 1.165) is 5.56 Å². The van der Waals surface area contributed by atoms with Crippen LogP contribution in [0.25, 0.3) is 0 Å². The molecule has 0 saturated heterocycles. The summed E-state index contributed by atoms with van der Waals surface area (Å²) in [7, 11) is 0. The van der Waals surface area contributed by atoms with E-state index in [1.807, 2.05) is 0 Å². The summed E-state index contributed by atoms with van der Waals surface area (Å²) in [6.07, 6.45) is -0.707. The van der Waals surface area contributed by atoms with Crippen molar-refractivity contribution >= 4 is 15.9 Å². The van der Waals surface area contributed by atoms with Crippen LogP contribution in [0.15, 0.2) is 46.9 Å². The third-order valence-electron chi connectivity index (χ3n) is 2.68. The van der Waals surface area contributed by atoms with Gasteiger partial charge in [-0.2, -0.15) is 0 Å². The molecule has 0 bridgehead atoms. The van der Waals surface area contributed by atoms with Crippen molar-refractivity contribution in [2.24, 2.45) is 0 Å². The number of benzene rings is 2. The average molecular weight is 313 g/mol. The number of aliphatic hydroxyl groups is 1. The van der Waals surface area contributed by atoms with Gasteiger partial charge in [0.1, 0.15) is 11.6 Å². The Bertz CT molecular complexity index is 540. The second kappa shape index (κ2) is 5.59. The molecule has 0 spiro atoms. The minimum absolute atomic E-state index is 0.230. The first kappa shape index (κ1) is 13.2. The number of hydrogen-bond acceptors (Lipinski definition) is 1. The van der Waals surface area contributed by atoms with E-state index in [-0.39, 0.29) is 17.8 Å². The summed E-state index contributed by atoms with van der Waals surface area (Å²) < 4.78 is 26.8. The Morgan fingerprint density at radius 1 is 1.06 bits per heavy atom. The van der Waals surface area contributed by atoms with Gasteiger partial charge in [0, 0.05) is 12.0 Å². The molecule has 1 atom stereocenters.